The summed E-state index contributed by atoms with van der Waals surface area (Å²) in [6, 6.07) is 7.59. The summed E-state index contributed by atoms with van der Waals surface area (Å²) in [5.41, 5.74) is 1.11. The van der Waals surface area contributed by atoms with Gasteiger partial charge in [-0.25, -0.2) is 0 Å². The van der Waals surface area contributed by atoms with E-state index in [0.29, 0.717) is 6.04 Å². The van der Waals surface area contributed by atoms with Crippen molar-refractivity contribution in [2.24, 2.45) is 0 Å². The number of benzene rings is 1. The highest BCUT2D eigenvalue weighted by Gasteiger charge is 2.15. The number of aryl methyl sites for hydroxylation is 1. The van der Waals surface area contributed by atoms with E-state index in [1.807, 2.05) is 12.1 Å². The molecule has 0 radical (unpaired) electrons. The van der Waals surface area contributed by atoms with Gasteiger partial charge >= 0.3 is 0 Å². The Labute approximate surface area is 108 Å². The Morgan fingerprint density at radius 1 is 1.28 bits per heavy atom. The van der Waals surface area contributed by atoms with Crippen molar-refractivity contribution >= 4 is 5.69 Å². The number of hydrogen-bond acceptors (Lipinski definition) is 3. The molecule has 0 aliphatic carbocycles. The Balaban J connectivity index is 1.94. The molecule has 1 fully saturated rings. The van der Waals surface area contributed by atoms with Crippen LogP contribution in [0.25, 0.3) is 0 Å². The van der Waals surface area contributed by atoms with Crippen LogP contribution in [-0.2, 0) is 6.42 Å². The first kappa shape index (κ1) is 13.0. The quantitative estimate of drug-likeness (QED) is 0.658. The normalized spacial score (nSPS) is 20.3. The number of nitrogens with zero attached hydrogens (tertiary/aromatic N) is 1. The maximum atomic E-state index is 10.9. The maximum Gasteiger partial charge on any atom is 0.272 e. The van der Waals surface area contributed by atoms with Gasteiger partial charge in [-0.15, -0.1) is 0 Å². The minimum atomic E-state index is -0.282. The van der Waals surface area contributed by atoms with E-state index in [2.05, 4.69) is 5.32 Å². The SMILES string of the molecule is O=[N+]([O-])c1ccccc1CCC1CCCCCN1. The molecule has 1 aliphatic heterocycles. The molecule has 0 spiro atoms. The van der Waals surface area contributed by atoms with Crippen LogP contribution in [0.3, 0.4) is 0 Å². The van der Waals surface area contributed by atoms with Crippen molar-refractivity contribution in [2.75, 3.05) is 6.54 Å². The van der Waals surface area contributed by atoms with Crippen molar-refractivity contribution in [3.63, 3.8) is 0 Å². The predicted molar refractivity (Wildman–Crippen MR) is 71.7 cm³/mol. The highest BCUT2D eigenvalue weighted by atomic mass is 16.6. The molecule has 4 nitrogen and oxygen atoms in total. The van der Waals surface area contributed by atoms with E-state index in [-0.39, 0.29) is 10.6 Å². The van der Waals surface area contributed by atoms with Crippen LogP contribution in [0.15, 0.2) is 24.3 Å². The molecule has 0 bridgehead atoms. The van der Waals surface area contributed by atoms with Gasteiger partial charge in [0, 0.05) is 17.7 Å². The van der Waals surface area contributed by atoms with Gasteiger partial charge in [-0.05, 0) is 32.2 Å². The molecule has 1 aliphatic rings. The molecule has 0 amide bonds. The van der Waals surface area contributed by atoms with Crippen molar-refractivity contribution < 1.29 is 4.92 Å². The van der Waals surface area contributed by atoms with Crippen molar-refractivity contribution in [1.82, 2.24) is 5.32 Å². The molecule has 1 saturated heterocycles. The molecule has 4 heteroatoms. The standard InChI is InChI=1S/C14H20N2O2/c17-16(18)14-8-4-3-6-12(14)9-10-13-7-2-1-5-11-15-13/h3-4,6,8,13,15H,1-2,5,7,9-11H2. The lowest BCUT2D eigenvalue weighted by Gasteiger charge is -2.15. The number of para-hydroxylation sites is 1. The lowest BCUT2D eigenvalue weighted by Crippen LogP contribution is -2.28. The van der Waals surface area contributed by atoms with Crippen molar-refractivity contribution in [2.45, 2.75) is 44.6 Å². The van der Waals surface area contributed by atoms with Gasteiger partial charge in [0.15, 0.2) is 0 Å². The Kier molecular flexibility index (Phi) is 4.70. The first-order chi connectivity index (χ1) is 8.77. The fourth-order valence-corrected chi connectivity index (χ4v) is 2.58. The first-order valence-electron chi connectivity index (χ1n) is 6.73. The third-order valence-corrected chi connectivity index (χ3v) is 3.61. The molecular weight excluding hydrogens is 228 g/mol. The van der Waals surface area contributed by atoms with Crippen molar-refractivity contribution in [3.05, 3.63) is 39.9 Å². The van der Waals surface area contributed by atoms with Gasteiger partial charge in [0.1, 0.15) is 0 Å². The van der Waals surface area contributed by atoms with Crippen molar-refractivity contribution in [1.29, 1.82) is 0 Å². The van der Waals surface area contributed by atoms with E-state index >= 15 is 0 Å². The molecule has 0 aromatic heterocycles. The summed E-state index contributed by atoms with van der Waals surface area (Å²) in [6.45, 7) is 1.08. The van der Waals surface area contributed by atoms with E-state index in [4.69, 9.17) is 0 Å². The fraction of sp³-hybridized carbons (Fsp3) is 0.571. The third kappa shape index (κ3) is 3.53. The molecule has 1 atom stereocenters. The van der Waals surface area contributed by atoms with E-state index in [9.17, 15) is 10.1 Å². The van der Waals surface area contributed by atoms with Crippen molar-refractivity contribution in [3.8, 4) is 0 Å². The van der Waals surface area contributed by atoms with Gasteiger partial charge in [0.05, 0.1) is 4.92 Å². The molecule has 18 heavy (non-hydrogen) atoms. The first-order valence-corrected chi connectivity index (χ1v) is 6.73. The van der Waals surface area contributed by atoms with Gasteiger partial charge in [0.2, 0.25) is 0 Å². The second-order valence-corrected chi connectivity index (χ2v) is 4.92. The van der Waals surface area contributed by atoms with E-state index < -0.39 is 0 Å². The highest BCUT2D eigenvalue weighted by molar-refractivity contribution is 5.39. The lowest BCUT2D eigenvalue weighted by atomic mass is 10.0. The molecule has 0 saturated carbocycles. The zero-order valence-electron chi connectivity index (χ0n) is 10.6. The van der Waals surface area contributed by atoms with Crippen LogP contribution >= 0.6 is 0 Å². The minimum absolute atomic E-state index is 0.256. The molecule has 2 rings (SSSR count). The van der Waals surface area contributed by atoms with Crippen LogP contribution in [0.2, 0.25) is 0 Å². The van der Waals surface area contributed by atoms with E-state index in [1.165, 1.54) is 25.7 Å². The topological polar surface area (TPSA) is 55.2 Å². The number of nitrogens with one attached hydrogen (secondary N) is 1. The van der Waals surface area contributed by atoms with Crippen LogP contribution in [0.4, 0.5) is 5.69 Å². The smallest absolute Gasteiger partial charge is 0.272 e. The largest absolute Gasteiger partial charge is 0.314 e. The highest BCUT2D eigenvalue weighted by Crippen LogP contribution is 2.21. The molecular formula is C14H20N2O2. The second-order valence-electron chi connectivity index (χ2n) is 4.92. The van der Waals surface area contributed by atoms with Gasteiger partial charge in [-0.3, -0.25) is 10.1 Å². The van der Waals surface area contributed by atoms with E-state index in [1.54, 1.807) is 12.1 Å². The molecule has 1 unspecified atom stereocenters. The van der Waals surface area contributed by atoms with Crippen LogP contribution in [-0.4, -0.2) is 17.5 Å². The van der Waals surface area contributed by atoms with Crippen LogP contribution in [0, 0.1) is 10.1 Å². The number of nitro groups is 1. The minimum Gasteiger partial charge on any atom is -0.314 e. The second kappa shape index (κ2) is 6.50. The summed E-state index contributed by atoms with van der Waals surface area (Å²) >= 11 is 0. The predicted octanol–water partition coefficient (Wildman–Crippen LogP) is 3.06. The number of hydrogen-bond donors (Lipinski definition) is 1. The monoisotopic (exact) mass is 248 g/mol. The molecule has 1 aromatic rings. The Morgan fingerprint density at radius 3 is 2.94 bits per heavy atom. The zero-order chi connectivity index (χ0) is 12.8. The van der Waals surface area contributed by atoms with Gasteiger partial charge < -0.3 is 5.32 Å². The third-order valence-electron chi connectivity index (χ3n) is 3.61. The van der Waals surface area contributed by atoms with Gasteiger partial charge in [-0.1, -0.05) is 31.0 Å². The molecule has 98 valence electrons. The fourth-order valence-electron chi connectivity index (χ4n) is 2.58. The van der Waals surface area contributed by atoms with Gasteiger partial charge in [-0.2, -0.15) is 0 Å². The maximum absolute atomic E-state index is 10.9. The summed E-state index contributed by atoms with van der Waals surface area (Å²) in [4.78, 5) is 10.6. The average molecular weight is 248 g/mol. The molecule has 1 aromatic carbocycles. The summed E-state index contributed by atoms with van der Waals surface area (Å²) in [6.07, 6.45) is 6.80. The average Bonchev–Trinajstić information content (AvgIpc) is 2.65. The molecule has 1 N–H and O–H groups in total. The summed E-state index contributed by atoms with van der Waals surface area (Å²) in [5.74, 6) is 0. The van der Waals surface area contributed by atoms with Crippen LogP contribution in [0.1, 0.15) is 37.7 Å². The molecule has 1 heterocycles. The Hall–Kier alpha value is -1.42. The Bertz CT molecular complexity index is 399. The van der Waals surface area contributed by atoms with Gasteiger partial charge in [0.25, 0.3) is 5.69 Å². The van der Waals surface area contributed by atoms with Crippen LogP contribution < -0.4 is 5.32 Å². The number of nitro benzene ring substituents is 1. The zero-order valence-corrected chi connectivity index (χ0v) is 10.6. The summed E-state index contributed by atoms with van der Waals surface area (Å²) in [7, 11) is 0. The number of rotatable bonds is 4. The van der Waals surface area contributed by atoms with E-state index in [0.717, 1.165) is 24.9 Å². The summed E-state index contributed by atoms with van der Waals surface area (Å²) < 4.78 is 0. The van der Waals surface area contributed by atoms with Crippen LogP contribution in [0.5, 0.6) is 0 Å². The lowest BCUT2D eigenvalue weighted by molar-refractivity contribution is -0.385. The summed E-state index contributed by atoms with van der Waals surface area (Å²) in [5, 5.41) is 14.4. The Morgan fingerprint density at radius 2 is 2.11 bits per heavy atom.